The van der Waals surface area contributed by atoms with E-state index in [1.54, 1.807) is 66.0 Å². The third kappa shape index (κ3) is 3.85. The van der Waals surface area contributed by atoms with Crippen LogP contribution in [-0.2, 0) is 13.1 Å². The molecular weight excluding hydrogens is 404 g/mol. The van der Waals surface area contributed by atoms with Gasteiger partial charge < -0.3 is 9.32 Å². The molecule has 0 aliphatic carbocycles. The minimum atomic E-state index is -0.139. The molecule has 8 nitrogen and oxygen atoms in total. The van der Waals surface area contributed by atoms with Crippen LogP contribution >= 0.6 is 0 Å². The lowest BCUT2D eigenvalue weighted by atomic mass is 10.1. The standard InChI is InChI=1S/C24H20N6O2/c1-29(16-19-7-4-10-32-19)24(31)20-11-22(18-6-3-9-26-13-18)28-23-21(20)14-27-30(23)15-17-5-2-8-25-12-17/h2-14H,15-16H2,1H3. The second-order valence-electron chi connectivity index (χ2n) is 7.44. The van der Waals surface area contributed by atoms with Crippen molar-refractivity contribution < 1.29 is 9.21 Å². The molecule has 0 saturated heterocycles. The Morgan fingerprint density at radius 1 is 1.06 bits per heavy atom. The Kier molecular flexibility index (Phi) is 5.17. The van der Waals surface area contributed by atoms with E-state index in [0.29, 0.717) is 41.1 Å². The molecule has 0 radical (unpaired) electrons. The van der Waals surface area contributed by atoms with Gasteiger partial charge in [-0.2, -0.15) is 5.10 Å². The van der Waals surface area contributed by atoms with E-state index in [4.69, 9.17) is 9.40 Å². The van der Waals surface area contributed by atoms with Gasteiger partial charge in [-0.25, -0.2) is 9.67 Å². The van der Waals surface area contributed by atoms with Crippen LogP contribution in [0, 0.1) is 0 Å². The number of fused-ring (bicyclic) bond motifs is 1. The lowest BCUT2D eigenvalue weighted by molar-refractivity contribution is 0.0777. The third-order valence-corrected chi connectivity index (χ3v) is 5.17. The highest BCUT2D eigenvalue weighted by atomic mass is 16.3. The minimum Gasteiger partial charge on any atom is -0.467 e. The zero-order valence-electron chi connectivity index (χ0n) is 17.4. The zero-order valence-corrected chi connectivity index (χ0v) is 17.4. The van der Waals surface area contributed by atoms with Gasteiger partial charge in [0, 0.05) is 37.4 Å². The number of amides is 1. The lowest BCUT2D eigenvalue weighted by Gasteiger charge is -2.17. The van der Waals surface area contributed by atoms with Crippen LogP contribution in [0.2, 0.25) is 0 Å². The SMILES string of the molecule is CN(Cc1ccco1)C(=O)c1cc(-c2cccnc2)nc2c1cnn2Cc1cccnc1. The van der Waals surface area contributed by atoms with Gasteiger partial charge in [0.1, 0.15) is 5.76 Å². The smallest absolute Gasteiger partial charge is 0.254 e. The first kappa shape index (κ1) is 19.6. The van der Waals surface area contributed by atoms with Crippen LogP contribution in [0.5, 0.6) is 0 Å². The van der Waals surface area contributed by atoms with Crippen LogP contribution in [-0.4, -0.2) is 42.6 Å². The first-order chi connectivity index (χ1) is 15.7. The van der Waals surface area contributed by atoms with Crippen molar-refractivity contribution in [3.63, 3.8) is 0 Å². The fourth-order valence-corrected chi connectivity index (χ4v) is 3.58. The first-order valence-corrected chi connectivity index (χ1v) is 10.1. The summed E-state index contributed by atoms with van der Waals surface area (Å²) in [4.78, 5) is 28.3. The monoisotopic (exact) mass is 424 g/mol. The second kappa shape index (κ2) is 8.43. The molecule has 8 heteroatoms. The number of carbonyl (C=O) groups excluding carboxylic acids is 1. The van der Waals surface area contributed by atoms with Crippen LogP contribution in [0.4, 0.5) is 0 Å². The molecule has 0 aliphatic rings. The molecule has 0 saturated carbocycles. The number of hydrogen-bond acceptors (Lipinski definition) is 6. The zero-order chi connectivity index (χ0) is 21.9. The Labute approximate surface area is 184 Å². The van der Waals surface area contributed by atoms with Crippen molar-refractivity contribution in [2.45, 2.75) is 13.1 Å². The summed E-state index contributed by atoms with van der Waals surface area (Å²) >= 11 is 0. The molecule has 0 bridgehead atoms. The molecule has 0 aromatic carbocycles. The summed E-state index contributed by atoms with van der Waals surface area (Å²) in [6.45, 7) is 0.860. The quantitative estimate of drug-likeness (QED) is 0.412. The second-order valence-corrected chi connectivity index (χ2v) is 7.44. The minimum absolute atomic E-state index is 0.139. The summed E-state index contributed by atoms with van der Waals surface area (Å²) < 4.78 is 7.19. The van der Waals surface area contributed by atoms with E-state index in [1.807, 2.05) is 30.3 Å². The van der Waals surface area contributed by atoms with Crippen molar-refractivity contribution in [3.05, 3.63) is 96.6 Å². The molecule has 1 amide bonds. The van der Waals surface area contributed by atoms with E-state index in [0.717, 1.165) is 11.1 Å². The van der Waals surface area contributed by atoms with E-state index in [9.17, 15) is 4.79 Å². The average Bonchev–Trinajstić information content (AvgIpc) is 3.49. The molecule has 5 heterocycles. The highest BCUT2D eigenvalue weighted by Crippen LogP contribution is 2.26. The van der Waals surface area contributed by atoms with Crippen LogP contribution in [0.1, 0.15) is 21.7 Å². The molecule has 0 unspecified atom stereocenters. The maximum Gasteiger partial charge on any atom is 0.254 e. The van der Waals surface area contributed by atoms with E-state index >= 15 is 0 Å². The van der Waals surface area contributed by atoms with Crippen LogP contribution in [0.25, 0.3) is 22.3 Å². The van der Waals surface area contributed by atoms with Crippen molar-refractivity contribution in [1.29, 1.82) is 0 Å². The molecule has 0 aliphatic heterocycles. The number of nitrogens with zero attached hydrogens (tertiary/aromatic N) is 6. The van der Waals surface area contributed by atoms with Crippen LogP contribution in [0.15, 0.2) is 84.1 Å². The molecule has 5 rings (SSSR count). The predicted octanol–water partition coefficient (Wildman–Crippen LogP) is 3.80. The molecule has 5 aromatic heterocycles. The number of furan rings is 1. The molecule has 5 aromatic rings. The van der Waals surface area contributed by atoms with Crippen molar-refractivity contribution in [2.24, 2.45) is 0 Å². The third-order valence-electron chi connectivity index (χ3n) is 5.17. The van der Waals surface area contributed by atoms with Gasteiger partial charge in [0.2, 0.25) is 0 Å². The normalized spacial score (nSPS) is 11.0. The molecule has 158 valence electrons. The number of hydrogen-bond donors (Lipinski definition) is 0. The van der Waals surface area contributed by atoms with Crippen molar-refractivity contribution in [3.8, 4) is 11.3 Å². The summed E-state index contributed by atoms with van der Waals surface area (Å²) in [5.41, 5.74) is 3.64. The van der Waals surface area contributed by atoms with E-state index in [-0.39, 0.29) is 5.91 Å². The average molecular weight is 424 g/mol. The molecule has 0 spiro atoms. The number of pyridine rings is 3. The van der Waals surface area contributed by atoms with Gasteiger partial charge in [0.15, 0.2) is 5.65 Å². The predicted molar refractivity (Wildman–Crippen MR) is 119 cm³/mol. The molecule has 32 heavy (non-hydrogen) atoms. The highest BCUT2D eigenvalue weighted by Gasteiger charge is 2.21. The summed E-state index contributed by atoms with van der Waals surface area (Å²) in [5.74, 6) is 0.575. The van der Waals surface area contributed by atoms with Gasteiger partial charge in [0.25, 0.3) is 5.91 Å². The van der Waals surface area contributed by atoms with Gasteiger partial charge in [-0.05, 0) is 42.0 Å². The topological polar surface area (TPSA) is 89.9 Å². The number of aromatic nitrogens is 5. The molecular formula is C24H20N6O2. The summed E-state index contributed by atoms with van der Waals surface area (Å²) in [7, 11) is 1.75. The number of carbonyl (C=O) groups is 1. The van der Waals surface area contributed by atoms with E-state index < -0.39 is 0 Å². The van der Waals surface area contributed by atoms with Crippen molar-refractivity contribution in [2.75, 3.05) is 7.05 Å². The molecule has 0 fully saturated rings. The summed E-state index contributed by atoms with van der Waals surface area (Å²) in [6.07, 6.45) is 10.3. The Hall–Kier alpha value is -4.33. The van der Waals surface area contributed by atoms with E-state index in [1.165, 1.54) is 0 Å². The summed E-state index contributed by atoms with van der Waals surface area (Å²) in [5, 5.41) is 5.22. The highest BCUT2D eigenvalue weighted by molar-refractivity contribution is 6.06. The van der Waals surface area contributed by atoms with Gasteiger partial charge in [-0.15, -0.1) is 0 Å². The fourth-order valence-electron chi connectivity index (χ4n) is 3.58. The Bertz CT molecular complexity index is 1350. The van der Waals surface area contributed by atoms with Gasteiger partial charge >= 0.3 is 0 Å². The number of rotatable bonds is 6. The Morgan fingerprint density at radius 3 is 2.62 bits per heavy atom. The summed E-state index contributed by atoms with van der Waals surface area (Å²) in [6, 6.07) is 13.1. The first-order valence-electron chi connectivity index (χ1n) is 10.1. The van der Waals surface area contributed by atoms with Gasteiger partial charge in [0.05, 0.1) is 42.2 Å². The molecule has 0 atom stereocenters. The lowest BCUT2D eigenvalue weighted by Crippen LogP contribution is -2.26. The maximum absolute atomic E-state index is 13.4. The van der Waals surface area contributed by atoms with Gasteiger partial charge in [-0.1, -0.05) is 6.07 Å². The Balaban J connectivity index is 1.60. The maximum atomic E-state index is 13.4. The fraction of sp³-hybridized carbons (Fsp3) is 0.125. The van der Waals surface area contributed by atoms with Crippen molar-refractivity contribution >= 4 is 16.9 Å². The van der Waals surface area contributed by atoms with Crippen molar-refractivity contribution in [1.82, 2.24) is 29.6 Å². The van der Waals surface area contributed by atoms with E-state index in [2.05, 4.69) is 15.1 Å². The largest absolute Gasteiger partial charge is 0.467 e. The molecule has 0 N–H and O–H groups in total. The van der Waals surface area contributed by atoms with Gasteiger partial charge in [-0.3, -0.25) is 14.8 Å². The van der Waals surface area contributed by atoms with Crippen LogP contribution < -0.4 is 0 Å². The Morgan fingerprint density at radius 2 is 1.91 bits per heavy atom. The van der Waals surface area contributed by atoms with Crippen LogP contribution in [0.3, 0.4) is 0 Å².